The van der Waals surface area contributed by atoms with Gasteiger partial charge in [0.25, 0.3) is 0 Å². The molecule has 2 aromatic carbocycles. The molecule has 0 spiro atoms. The van der Waals surface area contributed by atoms with Gasteiger partial charge in [0.05, 0.1) is 22.2 Å². The molecule has 0 unspecified atom stereocenters. The van der Waals surface area contributed by atoms with Crippen LogP contribution in [0.1, 0.15) is 32.4 Å². The molecular formula is C16H9NO4. The number of nitrogens with zero attached hydrogens (tertiary/aromatic N) is 1. The van der Waals surface area contributed by atoms with Gasteiger partial charge in [-0.3, -0.25) is 9.36 Å². The molecule has 21 heavy (non-hydrogen) atoms. The Bertz CT molecular complexity index is 981. The van der Waals surface area contributed by atoms with Crippen LogP contribution in [0.4, 0.5) is 0 Å². The van der Waals surface area contributed by atoms with Crippen molar-refractivity contribution in [2.24, 2.45) is 0 Å². The zero-order valence-electron chi connectivity index (χ0n) is 11.0. The van der Waals surface area contributed by atoms with Crippen LogP contribution in [0.3, 0.4) is 0 Å². The SMILES string of the molecule is CC(=O)n1c2ccccc2c2cc3c(cc21)C(=O)OC3=O. The molecule has 5 nitrogen and oxygen atoms in total. The fraction of sp³-hybridized carbons (Fsp3) is 0.0625. The van der Waals surface area contributed by atoms with Crippen molar-refractivity contribution >= 4 is 39.7 Å². The number of carbonyl (C=O) groups excluding carboxylic acids is 3. The summed E-state index contributed by atoms with van der Waals surface area (Å²) in [6.45, 7) is 1.46. The quantitative estimate of drug-likeness (QED) is 0.469. The monoisotopic (exact) mass is 279 g/mol. The molecule has 0 N–H and O–H groups in total. The minimum atomic E-state index is -0.669. The van der Waals surface area contributed by atoms with Gasteiger partial charge in [0.15, 0.2) is 0 Å². The van der Waals surface area contributed by atoms with E-state index in [1.54, 1.807) is 16.7 Å². The highest BCUT2D eigenvalue weighted by Crippen LogP contribution is 2.33. The van der Waals surface area contributed by atoms with Gasteiger partial charge in [0, 0.05) is 17.7 Å². The molecule has 4 rings (SSSR count). The molecule has 0 atom stereocenters. The third kappa shape index (κ3) is 1.43. The van der Waals surface area contributed by atoms with Crippen LogP contribution in [-0.4, -0.2) is 22.4 Å². The van der Waals surface area contributed by atoms with E-state index in [2.05, 4.69) is 4.74 Å². The van der Waals surface area contributed by atoms with Crippen molar-refractivity contribution in [3.8, 4) is 0 Å². The van der Waals surface area contributed by atoms with Crippen LogP contribution in [0, 0.1) is 0 Å². The van der Waals surface area contributed by atoms with Gasteiger partial charge in [0.2, 0.25) is 5.91 Å². The third-order valence-electron chi connectivity index (χ3n) is 3.75. The second-order valence-corrected chi connectivity index (χ2v) is 4.96. The number of rotatable bonds is 0. The molecule has 1 aromatic heterocycles. The van der Waals surface area contributed by atoms with Crippen LogP contribution in [0.15, 0.2) is 36.4 Å². The zero-order valence-corrected chi connectivity index (χ0v) is 11.0. The molecule has 0 radical (unpaired) electrons. The molecule has 1 aliphatic rings. The van der Waals surface area contributed by atoms with Crippen LogP contribution in [0.25, 0.3) is 21.8 Å². The Balaban J connectivity index is 2.25. The molecule has 102 valence electrons. The minimum Gasteiger partial charge on any atom is -0.386 e. The molecule has 5 heteroatoms. The van der Waals surface area contributed by atoms with Crippen molar-refractivity contribution in [3.63, 3.8) is 0 Å². The van der Waals surface area contributed by atoms with E-state index in [4.69, 9.17) is 0 Å². The van der Waals surface area contributed by atoms with Gasteiger partial charge in [-0.25, -0.2) is 9.59 Å². The van der Waals surface area contributed by atoms with Gasteiger partial charge >= 0.3 is 11.9 Å². The summed E-state index contributed by atoms with van der Waals surface area (Å²) in [6, 6.07) is 10.6. The fourth-order valence-corrected chi connectivity index (χ4v) is 2.89. The minimum absolute atomic E-state index is 0.154. The summed E-state index contributed by atoms with van der Waals surface area (Å²) in [4.78, 5) is 35.3. The molecule has 3 aromatic rings. The van der Waals surface area contributed by atoms with Gasteiger partial charge in [0.1, 0.15) is 0 Å². The number of aromatic nitrogens is 1. The smallest absolute Gasteiger partial charge is 0.346 e. The van der Waals surface area contributed by atoms with Crippen molar-refractivity contribution in [2.75, 3.05) is 0 Å². The Labute approximate surface area is 118 Å². The highest BCUT2D eigenvalue weighted by atomic mass is 16.6. The second kappa shape index (κ2) is 3.79. The fourth-order valence-electron chi connectivity index (χ4n) is 2.89. The maximum Gasteiger partial charge on any atom is 0.346 e. The van der Waals surface area contributed by atoms with E-state index in [0.717, 1.165) is 16.3 Å². The number of esters is 2. The molecule has 0 bridgehead atoms. The Morgan fingerprint density at radius 3 is 2.33 bits per heavy atom. The molecular weight excluding hydrogens is 270 g/mol. The van der Waals surface area contributed by atoms with Gasteiger partial charge in [-0.1, -0.05) is 18.2 Å². The maximum atomic E-state index is 12.0. The van der Waals surface area contributed by atoms with Crippen LogP contribution >= 0.6 is 0 Å². The second-order valence-electron chi connectivity index (χ2n) is 4.96. The average molecular weight is 279 g/mol. The molecule has 2 heterocycles. The van der Waals surface area contributed by atoms with E-state index in [-0.39, 0.29) is 17.0 Å². The first-order chi connectivity index (χ1) is 10.1. The standard InChI is InChI=1S/C16H9NO4/c1-8(18)17-13-5-3-2-4-9(13)10-6-11-12(7-14(10)17)16(20)21-15(11)19/h2-7H,1H3. The van der Waals surface area contributed by atoms with Crippen LogP contribution in [-0.2, 0) is 4.74 Å². The molecule has 0 aliphatic carbocycles. The van der Waals surface area contributed by atoms with Crippen molar-refractivity contribution < 1.29 is 19.1 Å². The van der Waals surface area contributed by atoms with Crippen molar-refractivity contribution in [1.82, 2.24) is 4.57 Å². The number of fused-ring (bicyclic) bond motifs is 4. The number of cyclic esters (lactones) is 2. The first-order valence-electron chi connectivity index (χ1n) is 6.42. The van der Waals surface area contributed by atoms with E-state index in [9.17, 15) is 14.4 Å². The summed E-state index contributed by atoms with van der Waals surface area (Å²) in [5.74, 6) is -1.47. The van der Waals surface area contributed by atoms with E-state index in [1.807, 2.05) is 24.3 Å². The number of hydrogen-bond donors (Lipinski definition) is 0. The van der Waals surface area contributed by atoms with Crippen molar-refractivity contribution in [1.29, 1.82) is 0 Å². The normalized spacial score (nSPS) is 13.8. The maximum absolute atomic E-state index is 12.0. The first-order valence-corrected chi connectivity index (χ1v) is 6.42. The molecule has 0 saturated heterocycles. The summed E-state index contributed by atoms with van der Waals surface area (Å²) in [7, 11) is 0. The predicted octanol–water partition coefficient (Wildman–Crippen LogP) is 2.77. The van der Waals surface area contributed by atoms with E-state index in [1.165, 1.54) is 6.92 Å². The Hall–Kier alpha value is -2.95. The Morgan fingerprint density at radius 1 is 0.952 bits per heavy atom. The number of hydrogen-bond acceptors (Lipinski definition) is 4. The highest BCUT2D eigenvalue weighted by molar-refractivity contribution is 6.21. The largest absolute Gasteiger partial charge is 0.386 e. The van der Waals surface area contributed by atoms with E-state index < -0.39 is 11.9 Å². The summed E-state index contributed by atoms with van der Waals surface area (Å²) < 4.78 is 6.16. The van der Waals surface area contributed by atoms with Gasteiger partial charge < -0.3 is 4.74 Å². The third-order valence-corrected chi connectivity index (χ3v) is 3.75. The Morgan fingerprint density at radius 2 is 1.62 bits per heavy atom. The molecule has 0 fully saturated rings. The summed E-state index contributed by atoms with van der Waals surface area (Å²) in [5.41, 5.74) is 1.82. The predicted molar refractivity (Wildman–Crippen MR) is 75.5 cm³/mol. The number of benzene rings is 2. The first kappa shape index (κ1) is 11.8. The molecule has 0 amide bonds. The summed E-state index contributed by atoms with van der Waals surface area (Å²) in [6.07, 6.45) is 0. The summed E-state index contributed by atoms with van der Waals surface area (Å²) >= 11 is 0. The van der Waals surface area contributed by atoms with Gasteiger partial charge in [-0.15, -0.1) is 0 Å². The number of carbonyl (C=O) groups is 3. The average Bonchev–Trinajstić information content (AvgIpc) is 2.92. The van der Waals surface area contributed by atoms with Crippen LogP contribution in [0.2, 0.25) is 0 Å². The lowest BCUT2D eigenvalue weighted by Gasteiger charge is -2.01. The van der Waals surface area contributed by atoms with Gasteiger partial charge in [-0.2, -0.15) is 0 Å². The molecule has 0 saturated carbocycles. The van der Waals surface area contributed by atoms with Gasteiger partial charge in [-0.05, 0) is 18.2 Å². The van der Waals surface area contributed by atoms with Crippen molar-refractivity contribution in [3.05, 3.63) is 47.5 Å². The van der Waals surface area contributed by atoms with Crippen LogP contribution < -0.4 is 0 Å². The topological polar surface area (TPSA) is 65.4 Å². The van der Waals surface area contributed by atoms with Crippen LogP contribution in [0.5, 0.6) is 0 Å². The highest BCUT2D eigenvalue weighted by Gasteiger charge is 2.31. The van der Waals surface area contributed by atoms with E-state index in [0.29, 0.717) is 5.52 Å². The lowest BCUT2D eigenvalue weighted by Crippen LogP contribution is -2.05. The summed E-state index contributed by atoms with van der Waals surface area (Å²) in [5, 5.41) is 1.61. The molecule has 1 aliphatic heterocycles. The van der Waals surface area contributed by atoms with Crippen molar-refractivity contribution in [2.45, 2.75) is 6.92 Å². The Kier molecular flexibility index (Phi) is 2.14. The lowest BCUT2D eigenvalue weighted by molar-refractivity contribution is 0.0443. The number of ether oxygens (including phenoxy) is 1. The van der Waals surface area contributed by atoms with E-state index >= 15 is 0 Å². The lowest BCUT2D eigenvalue weighted by atomic mass is 10.0. The number of para-hydroxylation sites is 1. The zero-order chi connectivity index (χ0) is 14.7.